The van der Waals surface area contributed by atoms with Crippen LogP contribution in [0.5, 0.6) is 0 Å². The number of allylic oxidation sites excluding steroid dienone is 2. The van der Waals surface area contributed by atoms with Gasteiger partial charge in [0, 0.05) is 0 Å². The third kappa shape index (κ3) is 6.30. The van der Waals surface area contributed by atoms with Gasteiger partial charge < -0.3 is 0 Å². The molecule has 0 fully saturated rings. The van der Waals surface area contributed by atoms with Crippen molar-refractivity contribution in [2.45, 2.75) is 13.8 Å². The quantitative estimate of drug-likeness (QED) is 0.113. The van der Waals surface area contributed by atoms with E-state index >= 15 is 0 Å². The first-order valence-electron chi connectivity index (χ1n) is 20.2. The minimum atomic E-state index is 1.21. The number of benzene rings is 10. The minimum absolute atomic E-state index is 1.21. The first-order chi connectivity index (χ1) is 28.6. The smallest absolute Gasteiger partial charge is 0.00139 e. The Kier molecular flexibility index (Phi) is 9.09. The van der Waals surface area contributed by atoms with E-state index in [9.17, 15) is 0 Å². The fourth-order valence-electron chi connectivity index (χ4n) is 9.02. The number of hydrogen-bond donors (Lipinski definition) is 0. The molecular formula is C58H42. The summed E-state index contributed by atoms with van der Waals surface area (Å²) in [6, 6.07) is 75.4. The molecule has 0 saturated carbocycles. The van der Waals surface area contributed by atoms with Crippen LogP contribution >= 0.6 is 0 Å². The zero-order chi connectivity index (χ0) is 39.0. The summed E-state index contributed by atoms with van der Waals surface area (Å²) in [6.07, 6.45) is 4.55. The van der Waals surface area contributed by atoms with Gasteiger partial charge in [-0.05, 0) is 136 Å². The first kappa shape index (κ1) is 35.2. The van der Waals surface area contributed by atoms with Crippen molar-refractivity contribution in [3.63, 3.8) is 0 Å². The van der Waals surface area contributed by atoms with Crippen molar-refractivity contribution in [3.8, 4) is 33.4 Å². The van der Waals surface area contributed by atoms with E-state index in [0.717, 1.165) is 0 Å². The van der Waals surface area contributed by atoms with Gasteiger partial charge in [-0.3, -0.25) is 0 Å². The SMILES string of the molecule is C/C(=C\c1ccccc1)c1cccc(-c2c3ccccc3c(-c3c4ccccc4c(-c4cccc(/C(C)=C/c5ccccc5)c4)c4ccccc34)c3ccccc23)c1. The van der Waals surface area contributed by atoms with Gasteiger partial charge in [0.05, 0.1) is 0 Å². The summed E-state index contributed by atoms with van der Waals surface area (Å²) in [7, 11) is 0. The lowest BCUT2D eigenvalue weighted by molar-refractivity contribution is 1.56. The normalized spacial score (nSPS) is 12.2. The van der Waals surface area contributed by atoms with Crippen molar-refractivity contribution in [2.24, 2.45) is 0 Å². The largest absolute Gasteiger partial charge is 0.0622 e. The molecule has 0 spiro atoms. The summed E-state index contributed by atoms with van der Waals surface area (Å²) in [5.74, 6) is 0. The minimum Gasteiger partial charge on any atom is -0.0622 e. The van der Waals surface area contributed by atoms with Gasteiger partial charge in [0.1, 0.15) is 0 Å². The van der Waals surface area contributed by atoms with Crippen molar-refractivity contribution in [1.29, 1.82) is 0 Å². The third-order valence-electron chi connectivity index (χ3n) is 11.7. The predicted molar refractivity (Wildman–Crippen MR) is 253 cm³/mol. The summed E-state index contributed by atoms with van der Waals surface area (Å²) in [5, 5.41) is 10.0. The van der Waals surface area contributed by atoms with Gasteiger partial charge in [-0.25, -0.2) is 0 Å². The molecule has 274 valence electrons. The highest BCUT2D eigenvalue weighted by Crippen LogP contribution is 2.50. The number of hydrogen-bond acceptors (Lipinski definition) is 0. The van der Waals surface area contributed by atoms with Gasteiger partial charge in [-0.2, -0.15) is 0 Å². The van der Waals surface area contributed by atoms with E-state index in [1.807, 2.05) is 0 Å². The lowest BCUT2D eigenvalue weighted by Crippen LogP contribution is -1.95. The van der Waals surface area contributed by atoms with E-state index in [0.29, 0.717) is 0 Å². The van der Waals surface area contributed by atoms with Crippen LogP contribution in [0.4, 0.5) is 0 Å². The number of fused-ring (bicyclic) bond motifs is 4. The maximum absolute atomic E-state index is 2.37. The van der Waals surface area contributed by atoms with Crippen molar-refractivity contribution in [1.82, 2.24) is 0 Å². The molecule has 0 heteroatoms. The van der Waals surface area contributed by atoms with Crippen molar-refractivity contribution in [3.05, 3.63) is 229 Å². The predicted octanol–water partition coefficient (Wildman–Crippen LogP) is 16.4. The Balaban J connectivity index is 1.22. The zero-order valence-electron chi connectivity index (χ0n) is 32.8. The summed E-state index contributed by atoms with van der Waals surface area (Å²) in [6.45, 7) is 4.42. The molecule has 10 rings (SSSR count). The van der Waals surface area contributed by atoms with E-state index in [-0.39, 0.29) is 0 Å². The molecule has 0 aliphatic rings. The highest BCUT2D eigenvalue weighted by atomic mass is 14.2. The molecule has 0 saturated heterocycles. The van der Waals surface area contributed by atoms with Crippen molar-refractivity contribution < 1.29 is 0 Å². The molecule has 0 radical (unpaired) electrons. The molecule has 10 aromatic rings. The van der Waals surface area contributed by atoms with Gasteiger partial charge in [0.25, 0.3) is 0 Å². The lowest BCUT2D eigenvalue weighted by Gasteiger charge is -2.22. The lowest BCUT2D eigenvalue weighted by atomic mass is 9.80. The second-order valence-electron chi connectivity index (χ2n) is 15.3. The van der Waals surface area contributed by atoms with Crippen LogP contribution in [-0.4, -0.2) is 0 Å². The summed E-state index contributed by atoms with van der Waals surface area (Å²) in [5.41, 5.74) is 14.9. The van der Waals surface area contributed by atoms with Gasteiger partial charge in [0.15, 0.2) is 0 Å². The second-order valence-corrected chi connectivity index (χ2v) is 15.3. The third-order valence-corrected chi connectivity index (χ3v) is 11.7. The molecule has 0 unspecified atom stereocenters. The molecule has 58 heavy (non-hydrogen) atoms. The molecule has 0 atom stereocenters. The molecule has 10 aromatic carbocycles. The van der Waals surface area contributed by atoms with E-state index in [1.165, 1.54) is 110 Å². The number of rotatable bonds is 7. The molecule has 0 aliphatic carbocycles. The van der Waals surface area contributed by atoms with E-state index in [4.69, 9.17) is 0 Å². The standard InChI is InChI=1S/C58H42/c1-39(35-41-19-5-3-6-20-41)43-23-17-25-45(37-43)55-47-27-9-13-31-51(47)57(52-32-14-10-28-48(52)55)58-53-33-15-11-29-49(53)56(50-30-12-16-34-54(50)58)46-26-18-24-44(38-46)40(2)36-42-21-7-4-8-22-42/h3-38H,1-2H3/b39-35+,40-36+. The van der Waals surface area contributed by atoms with Crippen LogP contribution in [0.3, 0.4) is 0 Å². The maximum Gasteiger partial charge on any atom is -0.00139 e. The Hall–Kier alpha value is -7.28. The Morgan fingerprint density at radius 2 is 0.552 bits per heavy atom. The van der Waals surface area contributed by atoms with Crippen LogP contribution in [0.15, 0.2) is 206 Å². The summed E-state index contributed by atoms with van der Waals surface area (Å²) in [4.78, 5) is 0. The average molecular weight is 739 g/mol. The summed E-state index contributed by atoms with van der Waals surface area (Å²) >= 11 is 0. The average Bonchev–Trinajstić information content (AvgIpc) is 3.28. The topological polar surface area (TPSA) is 0 Å². The monoisotopic (exact) mass is 738 g/mol. The van der Waals surface area contributed by atoms with Gasteiger partial charge in [-0.15, -0.1) is 0 Å². The van der Waals surface area contributed by atoms with Crippen LogP contribution in [-0.2, 0) is 0 Å². The van der Waals surface area contributed by atoms with Crippen LogP contribution < -0.4 is 0 Å². The van der Waals surface area contributed by atoms with Crippen LogP contribution in [0.1, 0.15) is 36.1 Å². The molecule has 0 N–H and O–H groups in total. The van der Waals surface area contributed by atoms with Gasteiger partial charge in [-0.1, -0.05) is 206 Å². The van der Waals surface area contributed by atoms with Gasteiger partial charge >= 0.3 is 0 Å². The second kappa shape index (κ2) is 15.0. The van der Waals surface area contributed by atoms with Crippen LogP contribution in [0.2, 0.25) is 0 Å². The fraction of sp³-hybridized carbons (Fsp3) is 0.0345. The van der Waals surface area contributed by atoms with E-state index in [1.54, 1.807) is 0 Å². The van der Waals surface area contributed by atoms with Crippen molar-refractivity contribution >= 4 is 66.4 Å². The Bertz CT molecular complexity index is 2880. The zero-order valence-corrected chi connectivity index (χ0v) is 32.8. The maximum atomic E-state index is 2.37. The Labute approximate surface area is 340 Å². The molecular weight excluding hydrogens is 697 g/mol. The van der Waals surface area contributed by atoms with E-state index < -0.39 is 0 Å². The van der Waals surface area contributed by atoms with E-state index in [2.05, 4.69) is 232 Å². The molecule has 0 aromatic heterocycles. The van der Waals surface area contributed by atoms with Gasteiger partial charge in [0.2, 0.25) is 0 Å². The molecule has 0 bridgehead atoms. The molecule has 0 amide bonds. The summed E-state index contributed by atoms with van der Waals surface area (Å²) < 4.78 is 0. The molecule has 0 aliphatic heterocycles. The van der Waals surface area contributed by atoms with Crippen LogP contribution in [0, 0.1) is 0 Å². The fourth-order valence-corrected chi connectivity index (χ4v) is 9.02. The highest BCUT2D eigenvalue weighted by Gasteiger charge is 2.22. The van der Waals surface area contributed by atoms with Crippen molar-refractivity contribution in [2.75, 3.05) is 0 Å². The van der Waals surface area contributed by atoms with Crippen LogP contribution in [0.25, 0.3) is 99.8 Å². The highest BCUT2D eigenvalue weighted by molar-refractivity contribution is 6.30. The Morgan fingerprint density at radius 3 is 0.862 bits per heavy atom. The molecule has 0 heterocycles. The Morgan fingerprint density at radius 1 is 0.276 bits per heavy atom. The molecule has 0 nitrogen and oxygen atoms in total. The first-order valence-corrected chi connectivity index (χ1v) is 20.2.